The number of benzene rings is 2. The summed E-state index contributed by atoms with van der Waals surface area (Å²) in [6.45, 7) is 2.61. The molecule has 0 aromatic heterocycles. The molecule has 1 amide bonds. The Kier molecular flexibility index (Phi) is 6.55. The molecule has 2 N–H and O–H groups in total. The fourth-order valence-corrected chi connectivity index (χ4v) is 2.77. The van der Waals surface area contributed by atoms with Crippen molar-refractivity contribution in [1.82, 2.24) is 0 Å². The maximum absolute atomic E-state index is 12.4. The molecule has 132 valence electrons. The van der Waals surface area contributed by atoms with Gasteiger partial charge in [-0.25, -0.2) is 0 Å². The van der Waals surface area contributed by atoms with Gasteiger partial charge in [0.15, 0.2) is 6.04 Å². The second-order valence-electron chi connectivity index (χ2n) is 5.89. The second kappa shape index (κ2) is 8.64. The van der Waals surface area contributed by atoms with Gasteiger partial charge in [0.25, 0.3) is 11.6 Å². The molecule has 2 aromatic rings. The van der Waals surface area contributed by atoms with E-state index in [9.17, 15) is 14.9 Å². The van der Waals surface area contributed by atoms with Crippen molar-refractivity contribution < 1.29 is 14.6 Å². The summed E-state index contributed by atoms with van der Waals surface area (Å²) in [6.07, 6.45) is 2.04. The summed E-state index contributed by atoms with van der Waals surface area (Å²) in [6, 6.07) is 13.9. The maximum atomic E-state index is 12.4. The first kappa shape index (κ1) is 19.0. The normalized spacial score (nSPS) is 13.1. The van der Waals surface area contributed by atoms with E-state index in [4.69, 9.17) is 0 Å². The molecule has 0 fully saturated rings. The smallest absolute Gasteiger partial charge is 0.282 e. The molecule has 6 nitrogen and oxygen atoms in total. The molecule has 1 unspecified atom stereocenters. The van der Waals surface area contributed by atoms with Gasteiger partial charge in [-0.1, -0.05) is 12.1 Å². The topological polar surface area (TPSA) is 76.7 Å². The lowest BCUT2D eigenvalue weighted by atomic mass is 10.2. The SMILES string of the molecule is CSc1ccc(C[NH+](C)[C@@H](C)C(=O)Nc2ccc([N+](=O)[O-])cc2)cc1. The fraction of sp³-hybridized carbons (Fsp3) is 0.278. The Morgan fingerprint density at radius 2 is 1.80 bits per heavy atom. The summed E-state index contributed by atoms with van der Waals surface area (Å²) in [5.41, 5.74) is 1.73. The van der Waals surface area contributed by atoms with E-state index in [1.54, 1.807) is 23.9 Å². The first-order chi connectivity index (χ1) is 11.9. The maximum Gasteiger partial charge on any atom is 0.282 e. The summed E-state index contributed by atoms with van der Waals surface area (Å²) in [4.78, 5) is 24.9. The van der Waals surface area contributed by atoms with Gasteiger partial charge in [-0.2, -0.15) is 0 Å². The molecule has 0 aliphatic heterocycles. The van der Waals surface area contributed by atoms with Crippen LogP contribution in [-0.2, 0) is 11.3 Å². The second-order valence-corrected chi connectivity index (χ2v) is 6.77. The Morgan fingerprint density at radius 1 is 1.20 bits per heavy atom. The minimum absolute atomic E-state index is 0.00230. The Balaban J connectivity index is 1.94. The van der Waals surface area contributed by atoms with Crippen LogP contribution in [0.25, 0.3) is 0 Å². The minimum Gasteiger partial charge on any atom is -0.324 e. The van der Waals surface area contributed by atoms with Crippen LogP contribution < -0.4 is 10.2 Å². The number of nitrogens with zero attached hydrogens (tertiary/aromatic N) is 1. The largest absolute Gasteiger partial charge is 0.324 e. The molecule has 2 atom stereocenters. The van der Waals surface area contributed by atoms with Crippen molar-refractivity contribution in [2.45, 2.75) is 24.4 Å². The van der Waals surface area contributed by atoms with Crippen LogP contribution in [0.2, 0.25) is 0 Å². The third kappa shape index (κ3) is 5.30. The highest BCUT2D eigenvalue weighted by Gasteiger charge is 2.22. The molecule has 0 radical (unpaired) electrons. The first-order valence-electron chi connectivity index (χ1n) is 7.91. The molecule has 0 heterocycles. The van der Waals surface area contributed by atoms with Gasteiger partial charge in [0.1, 0.15) is 6.54 Å². The van der Waals surface area contributed by atoms with E-state index in [2.05, 4.69) is 29.6 Å². The first-order valence-corrected chi connectivity index (χ1v) is 9.13. The number of amides is 1. The number of rotatable bonds is 7. The van der Waals surface area contributed by atoms with Crippen molar-refractivity contribution in [3.05, 3.63) is 64.2 Å². The van der Waals surface area contributed by atoms with Crippen LogP contribution in [0, 0.1) is 10.1 Å². The zero-order valence-electron chi connectivity index (χ0n) is 14.5. The molecular weight excluding hydrogens is 338 g/mol. The molecule has 25 heavy (non-hydrogen) atoms. The number of nitro groups is 1. The molecule has 2 aromatic carbocycles. The summed E-state index contributed by atoms with van der Waals surface area (Å²) < 4.78 is 0. The van der Waals surface area contributed by atoms with E-state index in [-0.39, 0.29) is 17.6 Å². The lowest BCUT2D eigenvalue weighted by Crippen LogP contribution is -3.12. The van der Waals surface area contributed by atoms with E-state index < -0.39 is 4.92 Å². The summed E-state index contributed by atoms with van der Waals surface area (Å²) in [7, 11) is 1.97. The van der Waals surface area contributed by atoms with Crippen molar-refractivity contribution in [3.63, 3.8) is 0 Å². The molecule has 0 spiro atoms. The van der Waals surface area contributed by atoms with Gasteiger partial charge < -0.3 is 10.2 Å². The van der Waals surface area contributed by atoms with Crippen molar-refractivity contribution in [3.8, 4) is 0 Å². The van der Waals surface area contributed by atoms with Gasteiger partial charge >= 0.3 is 0 Å². The predicted octanol–water partition coefficient (Wildman–Crippen LogP) is 2.36. The number of hydrogen-bond donors (Lipinski definition) is 2. The van der Waals surface area contributed by atoms with Gasteiger partial charge in [-0.05, 0) is 37.4 Å². The van der Waals surface area contributed by atoms with Crippen LogP contribution in [0.5, 0.6) is 0 Å². The Morgan fingerprint density at radius 3 is 2.32 bits per heavy atom. The molecule has 0 bridgehead atoms. The molecule has 7 heteroatoms. The van der Waals surface area contributed by atoms with E-state index >= 15 is 0 Å². The average Bonchev–Trinajstić information content (AvgIpc) is 2.62. The van der Waals surface area contributed by atoms with Crippen LogP contribution in [0.4, 0.5) is 11.4 Å². The number of anilines is 1. The third-order valence-electron chi connectivity index (χ3n) is 4.12. The lowest BCUT2D eigenvalue weighted by molar-refractivity contribution is -0.907. The van der Waals surface area contributed by atoms with Crippen molar-refractivity contribution >= 4 is 29.0 Å². The molecule has 0 aliphatic rings. The molecule has 2 rings (SSSR count). The van der Waals surface area contributed by atoms with Crippen molar-refractivity contribution in [2.75, 3.05) is 18.6 Å². The number of hydrogen-bond acceptors (Lipinski definition) is 4. The van der Waals surface area contributed by atoms with Crippen molar-refractivity contribution in [2.24, 2.45) is 0 Å². The number of likely N-dealkylation sites (N-methyl/N-ethyl adjacent to an activating group) is 1. The number of quaternary nitrogens is 1. The van der Waals surface area contributed by atoms with Gasteiger partial charge in [0.2, 0.25) is 0 Å². The monoisotopic (exact) mass is 360 g/mol. The number of thioether (sulfide) groups is 1. The number of nitrogens with one attached hydrogen (secondary N) is 2. The highest BCUT2D eigenvalue weighted by molar-refractivity contribution is 7.98. The Hall–Kier alpha value is -2.38. The molecule has 0 saturated carbocycles. The quantitative estimate of drug-likeness (QED) is 0.451. The fourth-order valence-electron chi connectivity index (χ4n) is 2.36. The third-order valence-corrected chi connectivity index (χ3v) is 4.86. The van der Waals surface area contributed by atoms with E-state index in [1.165, 1.54) is 22.6 Å². The standard InChI is InChI=1S/C18H21N3O3S/c1-13(20(2)12-14-4-10-17(25-3)11-5-14)18(22)19-15-6-8-16(9-7-15)21(23)24/h4-11,13H,12H2,1-3H3,(H,19,22)/p+1/t13-/m0/s1. The molecule has 0 aliphatic carbocycles. The van der Waals surface area contributed by atoms with Crippen LogP contribution in [-0.4, -0.2) is 30.2 Å². The number of carbonyl (C=O) groups excluding carboxylic acids is 1. The molecule has 0 saturated heterocycles. The average molecular weight is 360 g/mol. The highest BCUT2D eigenvalue weighted by atomic mass is 32.2. The molecular formula is C18H22N3O3S+. The van der Waals surface area contributed by atoms with E-state index in [0.29, 0.717) is 5.69 Å². The lowest BCUT2D eigenvalue weighted by Gasteiger charge is -2.21. The van der Waals surface area contributed by atoms with E-state index in [0.717, 1.165) is 11.4 Å². The van der Waals surface area contributed by atoms with Crippen molar-refractivity contribution in [1.29, 1.82) is 0 Å². The van der Waals surface area contributed by atoms with Gasteiger partial charge in [-0.15, -0.1) is 11.8 Å². The zero-order chi connectivity index (χ0) is 18.4. The minimum atomic E-state index is -0.464. The van der Waals surface area contributed by atoms with Gasteiger partial charge in [0, 0.05) is 28.3 Å². The Labute approximate surface area is 151 Å². The van der Waals surface area contributed by atoms with Crippen LogP contribution in [0.3, 0.4) is 0 Å². The zero-order valence-corrected chi connectivity index (χ0v) is 15.3. The van der Waals surface area contributed by atoms with E-state index in [1.807, 2.05) is 20.2 Å². The van der Waals surface area contributed by atoms with Crippen LogP contribution in [0.1, 0.15) is 12.5 Å². The summed E-state index contributed by atoms with van der Waals surface area (Å²) in [5, 5.41) is 13.5. The van der Waals surface area contributed by atoms with Gasteiger partial charge in [-0.3, -0.25) is 14.9 Å². The Bertz CT molecular complexity index is 732. The van der Waals surface area contributed by atoms with Gasteiger partial charge in [0.05, 0.1) is 12.0 Å². The summed E-state index contributed by atoms with van der Waals surface area (Å²) >= 11 is 1.70. The number of non-ortho nitro benzene ring substituents is 1. The van der Waals surface area contributed by atoms with Crippen LogP contribution >= 0.6 is 11.8 Å². The number of nitro benzene ring substituents is 1. The highest BCUT2D eigenvalue weighted by Crippen LogP contribution is 2.16. The number of carbonyl (C=O) groups is 1. The predicted molar refractivity (Wildman–Crippen MR) is 100 cm³/mol. The van der Waals surface area contributed by atoms with Crippen LogP contribution in [0.15, 0.2) is 53.4 Å². The summed E-state index contributed by atoms with van der Waals surface area (Å²) in [5.74, 6) is -0.118.